The molecular formula is C9H14N2O4. The van der Waals surface area contributed by atoms with Crippen LogP contribution < -0.4 is 5.32 Å². The number of carbonyl (C=O) groups is 2. The van der Waals surface area contributed by atoms with E-state index in [0.29, 0.717) is 0 Å². The van der Waals surface area contributed by atoms with E-state index in [2.05, 4.69) is 5.32 Å². The highest BCUT2D eigenvalue weighted by Crippen LogP contribution is 2.22. The maximum atomic E-state index is 11.6. The lowest BCUT2D eigenvalue weighted by atomic mass is 10.2. The second-order valence-corrected chi connectivity index (χ2v) is 4.12. The van der Waals surface area contributed by atoms with Crippen LogP contribution in [0.4, 0.5) is 4.79 Å². The predicted molar refractivity (Wildman–Crippen MR) is 50.3 cm³/mol. The Balaban J connectivity index is 1.98. The van der Waals surface area contributed by atoms with E-state index in [4.69, 9.17) is 5.11 Å². The van der Waals surface area contributed by atoms with Crippen molar-refractivity contribution in [1.29, 1.82) is 0 Å². The summed E-state index contributed by atoms with van der Waals surface area (Å²) in [7, 11) is 0. The van der Waals surface area contributed by atoms with Crippen LogP contribution in [-0.2, 0) is 4.79 Å². The number of aliphatic hydroxyl groups excluding tert-OH is 1. The lowest BCUT2D eigenvalue weighted by Crippen LogP contribution is -2.46. The molecule has 0 aromatic carbocycles. The molecule has 84 valence electrons. The van der Waals surface area contributed by atoms with Gasteiger partial charge in [0, 0.05) is 19.0 Å². The van der Waals surface area contributed by atoms with Gasteiger partial charge in [-0.2, -0.15) is 0 Å². The fourth-order valence-electron chi connectivity index (χ4n) is 1.76. The Morgan fingerprint density at radius 2 is 2.00 bits per heavy atom. The number of amides is 2. The van der Waals surface area contributed by atoms with Crippen molar-refractivity contribution in [2.24, 2.45) is 0 Å². The second kappa shape index (κ2) is 3.69. The lowest BCUT2D eigenvalue weighted by molar-refractivity contribution is -0.141. The third-order valence-electron chi connectivity index (χ3n) is 2.73. The first-order valence-corrected chi connectivity index (χ1v) is 5.06. The summed E-state index contributed by atoms with van der Waals surface area (Å²) >= 11 is 0. The molecule has 0 bridgehead atoms. The standard InChI is InChI=1S/C9H14N2O4/c12-6-3-7(8(13)14)11(4-6)9(15)10-5-1-2-5/h5-7,12H,1-4H2,(H,10,15)(H,13,14). The van der Waals surface area contributed by atoms with Crippen LogP contribution in [0.15, 0.2) is 0 Å². The number of carboxylic acids is 1. The quantitative estimate of drug-likeness (QED) is 0.571. The summed E-state index contributed by atoms with van der Waals surface area (Å²) in [5.74, 6) is -1.06. The second-order valence-electron chi connectivity index (χ2n) is 4.12. The maximum absolute atomic E-state index is 11.6. The number of nitrogens with one attached hydrogen (secondary N) is 1. The van der Waals surface area contributed by atoms with Crippen molar-refractivity contribution in [3.63, 3.8) is 0 Å². The summed E-state index contributed by atoms with van der Waals surface area (Å²) in [5, 5.41) is 20.9. The fraction of sp³-hybridized carbons (Fsp3) is 0.778. The Labute approximate surface area is 86.9 Å². The number of aliphatic carboxylic acids is 1. The van der Waals surface area contributed by atoms with Gasteiger partial charge in [0.05, 0.1) is 6.10 Å². The van der Waals surface area contributed by atoms with Gasteiger partial charge >= 0.3 is 12.0 Å². The van der Waals surface area contributed by atoms with Crippen molar-refractivity contribution in [2.75, 3.05) is 6.54 Å². The van der Waals surface area contributed by atoms with E-state index in [1.54, 1.807) is 0 Å². The van der Waals surface area contributed by atoms with E-state index in [1.165, 1.54) is 4.90 Å². The highest BCUT2D eigenvalue weighted by atomic mass is 16.4. The Hall–Kier alpha value is -1.30. The highest BCUT2D eigenvalue weighted by molar-refractivity contribution is 5.83. The molecule has 2 aliphatic rings. The molecule has 2 amide bonds. The van der Waals surface area contributed by atoms with Crippen LogP contribution in [0.3, 0.4) is 0 Å². The summed E-state index contributed by atoms with van der Waals surface area (Å²) in [4.78, 5) is 23.6. The van der Waals surface area contributed by atoms with E-state index in [-0.39, 0.29) is 25.0 Å². The van der Waals surface area contributed by atoms with Gasteiger partial charge in [-0.3, -0.25) is 0 Å². The summed E-state index contributed by atoms with van der Waals surface area (Å²) in [6.07, 6.45) is 1.31. The van der Waals surface area contributed by atoms with Crippen LogP contribution in [0.2, 0.25) is 0 Å². The summed E-state index contributed by atoms with van der Waals surface area (Å²) in [6, 6.07) is -1.06. The molecule has 1 heterocycles. The number of carbonyl (C=O) groups excluding carboxylic acids is 1. The van der Waals surface area contributed by atoms with Crippen LogP contribution >= 0.6 is 0 Å². The Morgan fingerprint density at radius 3 is 2.53 bits per heavy atom. The van der Waals surface area contributed by atoms with Crippen LogP contribution in [0.1, 0.15) is 19.3 Å². The largest absolute Gasteiger partial charge is 0.480 e. The van der Waals surface area contributed by atoms with Gasteiger partial charge in [0.15, 0.2) is 0 Å². The van der Waals surface area contributed by atoms with Crippen molar-refractivity contribution >= 4 is 12.0 Å². The van der Waals surface area contributed by atoms with Gasteiger partial charge in [-0.05, 0) is 12.8 Å². The van der Waals surface area contributed by atoms with Gasteiger partial charge in [-0.1, -0.05) is 0 Å². The van der Waals surface area contributed by atoms with Crippen LogP contribution in [0, 0.1) is 0 Å². The molecule has 1 aliphatic heterocycles. The van der Waals surface area contributed by atoms with Gasteiger partial charge in [0.1, 0.15) is 6.04 Å². The zero-order chi connectivity index (χ0) is 11.0. The van der Waals surface area contributed by atoms with Gasteiger partial charge in [-0.15, -0.1) is 0 Å². The van der Waals surface area contributed by atoms with Crippen LogP contribution in [-0.4, -0.2) is 51.8 Å². The highest BCUT2D eigenvalue weighted by Gasteiger charge is 2.40. The molecule has 2 atom stereocenters. The minimum Gasteiger partial charge on any atom is -0.480 e. The molecule has 6 nitrogen and oxygen atoms in total. The lowest BCUT2D eigenvalue weighted by Gasteiger charge is -2.21. The average Bonchev–Trinajstić information content (AvgIpc) is 2.86. The molecule has 2 rings (SSSR count). The fourth-order valence-corrected chi connectivity index (χ4v) is 1.76. The molecule has 1 aliphatic carbocycles. The molecule has 2 fully saturated rings. The van der Waals surface area contributed by atoms with Crippen molar-refractivity contribution in [2.45, 2.75) is 37.5 Å². The molecule has 0 aromatic rings. The molecule has 1 saturated carbocycles. The number of hydrogen-bond donors (Lipinski definition) is 3. The zero-order valence-electron chi connectivity index (χ0n) is 8.22. The van der Waals surface area contributed by atoms with E-state index < -0.39 is 18.1 Å². The van der Waals surface area contributed by atoms with Crippen LogP contribution in [0.25, 0.3) is 0 Å². The summed E-state index contributed by atoms with van der Waals surface area (Å²) in [5.41, 5.74) is 0. The maximum Gasteiger partial charge on any atom is 0.326 e. The number of β-amino-alcohol motifs (C(OH)–C–C–N with tert-alkyl or cyclic N) is 1. The Morgan fingerprint density at radius 1 is 1.33 bits per heavy atom. The summed E-state index contributed by atoms with van der Waals surface area (Å²) < 4.78 is 0. The number of hydrogen-bond acceptors (Lipinski definition) is 3. The monoisotopic (exact) mass is 214 g/mol. The summed E-state index contributed by atoms with van der Waals surface area (Å²) in [6.45, 7) is 0.107. The van der Waals surface area contributed by atoms with Crippen LogP contribution in [0.5, 0.6) is 0 Å². The van der Waals surface area contributed by atoms with Gasteiger partial charge in [0.2, 0.25) is 0 Å². The van der Waals surface area contributed by atoms with Crippen molar-refractivity contribution in [1.82, 2.24) is 10.2 Å². The number of aliphatic hydroxyl groups is 1. The molecule has 0 spiro atoms. The Kier molecular flexibility index (Phi) is 2.52. The molecule has 0 aromatic heterocycles. The SMILES string of the molecule is O=C(O)C1CC(O)CN1C(=O)NC1CC1. The number of nitrogens with zero attached hydrogens (tertiary/aromatic N) is 1. The number of rotatable bonds is 2. The number of carboxylic acid groups (broad SMARTS) is 1. The smallest absolute Gasteiger partial charge is 0.326 e. The van der Waals surface area contributed by atoms with Crippen molar-refractivity contribution in [3.8, 4) is 0 Å². The number of likely N-dealkylation sites (tertiary alicyclic amines) is 1. The normalized spacial score (nSPS) is 30.3. The number of urea groups is 1. The van der Waals surface area contributed by atoms with E-state index in [0.717, 1.165) is 12.8 Å². The average molecular weight is 214 g/mol. The first-order chi connectivity index (χ1) is 7.08. The predicted octanol–water partition coefficient (Wildman–Crippen LogP) is -0.622. The van der Waals surface area contributed by atoms with Gasteiger partial charge in [0.25, 0.3) is 0 Å². The molecule has 2 unspecified atom stereocenters. The molecule has 3 N–H and O–H groups in total. The van der Waals surface area contributed by atoms with E-state index in [9.17, 15) is 14.7 Å². The molecule has 6 heteroatoms. The minimum atomic E-state index is -1.06. The zero-order valence-corrected chi connectivity index (χ0v) is 8.22. The first-order valence-electron chi connectivity index (χ1n) is 5.06. The van der Waals surface area contributed by atoms with E-state index in [1.807, 2.05) is 0 Å². The van der Waals surface area contributed by atoms with Gasteiger partial charge < -0.3 is 20.4 Å². The van der Waals surface area contributed by atoms with Crippen molar-refractivity contribution < 1.29 is 19.8 Å². The molecular weight excluding hydrogens is 200 g/mol. The van der Waals surface area contributed by atoms with Crippen molar-refractivity contribution in [3.05, 3.63) is 0 Å². The molecule has 15 heavy (non-hydrogen) atoms. The molecule has 0 radical (unpaired) electrons. The Bertz CT molecular complexity index is 290. The minimum absolute atomic E-state index is 0.107. The first kappa shape index (κ1) is 10.2. The third-order valence-corrected chi connectivity index (χ3v) is 2.73. The topological polar surface area (TPSA) is 89.9 Å². The van der Waals surface area contributed by atoms with E-state index >= 15 is 0 Å². The third kappa shape index (κ3) is 2.20. The van der Waals surface area contributed by atoms with Gasteiger partial charge in [-0.25, -0.2) is 9.59 Å². The molecule has 1 saturated heterocycles.